The van der Waals surface area contributed by atoms with Gasteiger partial charge in [0, 0.05) is 49.3 Å². The van der Waals surface area contributed by atoms with Crippen LogP contribution in [0.5, 0.6) is 0 Å². The summed E-state index contributed by atoms with van der Waals surface area (Å²) in [6.45, 7) is 12.3. The molecule has 3 rings (SSSR count). The van der Waals surface area contributed by atoms with Crippen molar-refractivity contribution in [2.75, 3.05) is 31.9 Å². The molecule has 2 aromatic rings. The lowest BCUT2D eigenvalue weighted by Crippen LogP contribution is -2.48. The molecule has 0 bridgehead atoms. The van der Waals surface area contributed by atoms with Gasteiger partial charge in [0.2, 0.25) is 0 Å². The third-order valence-corrected chi connectivity index (χ3v) is 7.55. The summed E-state index contributed by atoms with van der Waals surface area (Å²) in [5.41, 5.74) is 1.77. The molecule has 1 fully saturated rings. The van der Waals surface area contributed by atoms with Gasteiger partial charge in [0.05, 0.1) is 32.0 Å². The summed E-state index contributed by atoms with van der Waals surface area (Å²) in [4.78, 5) is 22.6. The van der Waals surface area contributed by atoms with E-state index >= 15 is 0 Å². The number of hydrogen-bond acceptors (Lipinski definition) is 5. The van der Waals surface area contributed by atoms with E-state index in [9.17, 15) is 9.00 Å². The second-order valence-corrected chi connectivity index (χ2v) is 10.7. The molecule has 0 radical (unpaired) electrons. The summed E-state index contributed by atoms with van der Waals surface area (Å²) >= 11 is 1.72. The Kier molecular flexibility index (Phi) is 6.68. The van der Waals surface area contributed by atoms with E-state index in [0.717, 1.165) is 30.3 Å². The SMILES string of the molecule is CCS(=O)c1ccccc1C(=O)N1CCN(Cc2csc(C(C)(C)C)n2)CC1. The van der Waals surface area contributed by atoms with Crippen LogP contribution in [0.15, 0.2) is 34.5 Å². The van der Waals surface area contributed by atoms with Crippen LogP contribution in [0.25, 0.3) is 0 Å². The number of carbonyl (C=O) groups excluding carboxylic acids is 1. The van der Waals surface area contributed by atoms with Gasteiger partial charge in [-0.1, -0.05) is 39.8 Å². The molecule has 1 aliphatic rings. The lowest BCUT2D eigenvalue weighted by atomic mass is 9.98. The molecule has 1 amide bonds. The van der Waals surface area contributed by atoms with Gasteiger partial charge in [0.15, 0.2) is 0 Å². The number of carbonyl (C=O) groups is 1. The molecule has 2 heterocycles. The van der Waals surface area contributed by atoms with Crippen molar-refractivity contribution >= 4 is 28.0 Å². The quantitative estimate of drug-likeness (QED) is 0.744. The second kappa shape index (κ2) is 8.84. The molecule has 1 aliphatic heterocycles. The molecule has 5 nitrogen and oxygen atoms in total. The van der Waals surface area contributed by atoms with Crippen molar-refractivity contribution in [3.05, 3.63) is 45.9 Å². The molecule has 1 aromatic heterocycles. The Balaban J connectivity index is 1.61. The minimum atomic E-state index is -1.13. The first-order chi connectivity index (χ1) is 13.3. The lowest BCUT2D eigenvalue weighted by molar-refractivity contribution is 0.0623. The smallest absolute Gasteiger partial charge is 0.255 e. The minimum Gasteiger partial charge on any atom is -0.336 e. The molecule has 1 aromatic carbocycles. The predicted molar refractivity (Wildman–Crippen MR) is 115 cm³/mol. The molecule has 7 heteroatoms. The van der Waals surface area contributed by atoms with Crippen LogP contribution in [0.1, 0.15) is 48.8 Å². The van der Waals surface area contributed by atoms with Gasteiger partial charge in [-0.25, -0.2) is 4.98 Å². The maximum absolute atomic E-state index is 13.0. The van der Waals surface area contributed by atoms with Gasteiger partial charge < -0.3 is 4.90 Å². The molecule has 152 valence electrons. The van der Waals surface area contributed by atoms with E-state index in [4.69, 9.17) is 4.98 Å². The van der Waals surface area contributed by atoms with Crippen LogP contribution in [0.4, 0.5) is 0 Å². The lowest BCUT2D eigenvalue weighted by Gasteiger charge is -2.34. The molecule has 1 saturated heterocycles. The van der Waals surface area contributed by atoms with Gasteiger partial charge in [-0.3, -0.25) is 13.9 Å². The highest BCUT2D eigenvalue weighted by atomic mass is 32.2. The highest BCUT2D eigenvalue weighted by molar-refractivity contribution is 7.85. The van der Waals surface area contributed by atoms with Crippen molar-refractivity contribution in [2.45, 2.75) is 44.6 Å². The Bertz CT molecular complexity index is 849. The van der Waals surface area contributed by atoms with Crippen LogP contribution >= 0.6 is 11.3 Å². The van der Waals surface area contributed by atoms with Crippen molar-refractivity contribution in [1.29, 1.82) is 0 Å². The second-order valence-electron chi connectivity index (χ2n) is 8.09. The fourth-order valence-corrected chi connectivity index (χ4v) is 5.07. The topological polar surface area (TPSA) is 53.5 Å². The van der Waals surface area contributed by atoms with Gasteiger partial charge in [0.1, 0.15) is 0 Å². The maximum Gasteiger partial charge on any atom is 0.255 e. The van der Waals surface area contributed by atoms with Gasteiger partial charge in [0.25, 0.3) is 5.91 Å². The van der Waals surface area contributed by atoms with Crippen LogP contribution in [0.3, 0.4) is 0 Å². The zero-order valence-corrected chi connectivity index (χ0v) is 18.7. The fourth-order valence-electron chi connectivity index (χ4n) is 3.23. The first kappa shape index (κ1) is 21.1. The van der Waals surface area contributed by atoms with Crippen molar-refractivity contribution in [3.63, 3.8) is 0 Å². The fraction of sp³-hybridized carbons (Fsp3) is 0.524. The summed E-state index contributed by atoms with van der Waals surface area (Å²) in [6.07, 6.45) is 0. The monoisotopic (exact) mass is 419 g/mol. The zero-order chi connectivity index (χ0) is 20.3. The Morgan fingerprint density at radius 1 is 1.18 bits per heavy atom. The average molecular weight is 420 g/mol. The molecule has 28 heavy (non-hydrogen) atoms. The predicted octanol–water partition coefficient (Wildman–Crippen LogP) is 3.53. The third-order valence-electron chi connectivity index (χ3n) is 4.86. The Hall–Kier alpha value is -1.57. The van der Waals surface area contributed by atoms with Gasteiger partial charge in [-0.2, -0.15) is 0 Å². The first-order valence-electron chi connectivity index (χ1n) is 9.73. The highest BCUT2D eigenvalue weighted by Crippen LogP contribution is 2.26. The molecular formula is C21H29N3O2S2. The van der Waals surface area contributed by atoms with Crippen molar-refractivity contribution < 1.29 is 9.00 Å². The van der Waals surface area contributed by atoms with E-state index in [1.54, 1.807) is 23.5 Å². The number of benzene rings is 1. The number of hydrogen-bond donors (Lipinski definition) is 0. The van der Waals surface area contributed by atoms with Crippen molar-refractivity contribution in [3.8, 4) is 0 Å². The van der Waals surface area contributed by atoms with E-state index in [1.165, 1.54) is 0 Å². The zero-order valence-electron chi connectivity index (χ0n) is 17.1. The third kappa shape index (κ3) is 4.88. The summed E-state index contributed by atoms with van der Waals surface area (Å²) in [5, 5.41) is 3.31. The van der Waals surface area contributed by atoms with Crippen LogP contribution in [0.2, 0.25) is 0 Å². The largest absolute Gasteiger partial charge is 0.336 e. The minimum absolute atomic E-state index is 0.0132. The van der Waals surface area contributed by atoms with Gasteiger partial charge in [-0.05, 0) is 12.1 Å². The van der Waals surface area contributed by atoms with Crippen molar-refractivity contribution in [2.24, 2.45) is 0 Å². The van der Waals surface area contributed by atoms with Crippen LogP contribution in [-0.2, 0) is 22.8 Å². The van der Waals surface area contributed by atoms with Crippen LogP contribution in [-0.4, -0.2) is 56.8 Å². The van der Waals surface area contributed by atoms with E-state index in [-0.39, 0.29) is 11.3 Å². The van der Waals surface area contributed by atoms with Gasteiger partial charge in [-0.15, -0.1) is 11.3 Å². The van der Waals surface area contributed by atoms with E-state index in [2.05, 4.69) is 31.1 Å². The molecule has 0 saturated carbocycles. The van der Waals surface area contributed by atoms with Crippen LogP contribution in [0, 0.1) is 0 Å². The summed E-state index contributed by atoms with van der Waals surface area (Å²) < 4.78 is 12.3. The molecule has 1 unspecified atom stereocenters. The van der Waals surface area contributed by atoms with Gasteiger partial charge >= 0.3 is 0 Å². The number of amides is 1. The normalized spacial score (nSPS) is 16.9. The molecule has 0 spiro atoms. The summed E-state index contributed by atoms with van der Waals surface area (Å²) in [6, 6.07) is 7.28. The molecule has 1 atom stereocenters. The number of rotatable bonds is 5. The molecular weight excluding hydrogens is 390 g/mol. The standard InChI is InChI=1S/C21H29N3O2S2/c1-5-28(26)18-9-7-6-8-17(18)19(25)24-12-10-23(11-13-24)14-16-15-27-20(22-16)21(2,3)4/h6-9,15H,5,10-14H2,1-4H3. The highest BCUT2D eigenvalue weighted by Gasteiger charge is 2.25. The number of aromatic nitrogens is 1. The van der Waals surface area contributed by atoms with E-state index in [1.807, 2.05) is 24.0 Å². The Labute approximate surface area is 174 Å². The average Bonchev–Trinajstić information content (AvgIpc) is 3.16. The van der Waals surface area contributed by atoms with Crippen molar-refractivity contribution in [1.82, 2.24) is 14.8 Å². The molecule has 0 N–H and O–H groups in total. The number of piperazine rings is 1. The number of nitrogens with zero attached hydrogens (tertiary/aromatic N) is 3. The first-order valence-corrected chi connectivity index (χ1v) is 11.9. The Morgan fingerprint density at radius 3 is 2.46 bits per heavy atom. The summed E-state index contributed by atoms with van der Waals surface area (Å²) in [7, 11) is -1.13. The van der Waals surface area contributed by atoms with Crippen LogP contribution < -0.4 is 0 Å². The molecule has 0 aliphatic carbocycles. The number of thiazole rings is 1. The summed E-state index contributed by atoms with van der Waals surface area (Å²) in [5.74, 6) is 0.503. The Morgan fingerprint density at radius 2 is 1.86 bits per heavy atom. The van der Waals surface area contributed by atoms with E-state index in [0.29, 0.717) is 29.3 Å². The maximum atomic E-state index is 13.0. The van der Waals surface area contributed by atoms with E-state index < -0.39 is 10.8 Å².